The molecule has 2 heterocycles. The molecule has 0 fully saturated rings. The van der Waals surface area contributed by atoms with Gasteiger partial charge in [-0.2, -0.15) is 0 Å². The number of fused-ring (bicyclic) bond motifs is 1. The predicted octanol–water partition coefficient (Wildman–Crippen LogP) is 6.00. The van der Waals surface area contributed by atoms with Gasteiger partial charge in [0.25, 0.3) is 0 Å². The number of hydrogen-bond acceptors (Lipinski definition) is 6. The molecular weight excluding hydrogens is 469 g/mol. The zero-order chi connectivity index (χ0) is 22.7. The van der Waals surface area contributed by atoms with Crippen molar-refractivity contribution in [1.29, 1.82) is 0 Å². The SMILES string of the molecule is COCCCn1c(SCc2cc(=O)oc3cc(C)c(Cl)cc23)nnc1-c1ccccc1Cl. The van der Waals surface area contributed by atoms with Gasteiger partial charge in [-0.25, -0.2) is 4.79 Å². The topological polar surface area (TPSA) is 70.2 Å². The van der Waals surface area contributed by atoms with Gasteiger partial charge in [0.05, 0.1) is 5.02 Å². The van der Waals surface area contributed by atoms with Crippen LogP contribution in [0.1, 0.15) is 17.5 Å². The highest BCUT2D eigenvalue weighted by molar-refractivity contribution is 7.98. The molecule has 0 aliphatic rings. The molecular formula is C23H21Cl2N3O3S. The average molecular weight is 490 g/mol. The van der Waals surface area contributed by atoms with Crippen molar-refractivity contribution in [3.8, 4) is 11.4 Å². The first-order chi connectivity index (χ1) is 15.5. The summed E-state index contributed by atoms with van der Waals surface area (Å²) in [6.45, 7) is 3.17. The van der Waals surface area contributed by atoms with Crippen LogP contribution in [0.5, 0.6) is 0 Å². The third-order valence-corrected chi connectivity index (χ3v) is 6.78. The molecule has 0 saturated heterocycles. The number of aromatic nitrogens is 3. The van der Waals surface area contributed by atoms with E-state index in [4.69, 9.17) is 32.4 Å². The minimum absolute atomic E-state index is 0.395. The average Bonchev–Trinajstić information content (AvgIpc) is 3.16. The predicted molar refractivity (Wildman–Crippen MR) is 129 cm³/mol. The molecule has 0 aliphatic carbocycles. The molecule has 0 amide bonds. The van der Waals surface area contributed by atoms with Crippen molar-refractivity contribution in [2.24, 2.45) is 0 Å². The lowest BCUT2D eigenvalue weighted by molar-refractivity contribution is 0.189. The molecule has 0 aliphatic heterocycles. The standard InChI is InChI=1S/C23H21Cl2N3O3S/c1-14-10-20-17(12-19(14)25)15(11-21(29)31-20)13-32-23-27-26-22(28(23)8-5-9-30-2)16-6-3-4-7-18(16)24/h3-4,6-7,10-12H,5,8-9,13H2,1-2H3. The van der Waals surface area contributed by atoms with Gasteiger partial charge in [-0.05, 0) is 48.7 Å². The highest BCUT2D eigenvalue weighted by Crippen LogP contribution is 2.32. The first kappa shape index (κ1) is 22.9. The van der Waals surface area contributed by atoms with Crippen LogP contribution in [0.25, 0.3) is 22.4 Å². The van der Waals surface area contributed by atoms with Gasteiger partial charge in [-0.15, -0.1) is 10.2 Å². The summed E-state index contributed by atoms with van der Waals surface area (Å²) in [6.07, 6.45) is 0.798. The second kappa shape index (κ2) is 10.1. The van der Waals surface area contributed by atoms with E-state index in [1.165, 1.54) is 17.8 Å². The fourth-order valence-electron chi connectivity index (χ4n) is 3.42. The molecule has 0 N–H and O–H groups in total. The van der Waals surface area contributed by atoms with Gasteiger partial charge in [0.15, 0.2) is 11.0 Å². The Morgan fingerprint density at radius 3 is 2.72 bits per heavy atom. The molecule has 0 bridgehead atoms. The van der Waals surface area contributed by atoms with E-state index in [0.29, 0.717) is 40.4 Å². The van der Waals surface area contributed by atoms with Crippen LogP contribution < -0.4 is 5.63 Å². The Morgan fingerprint density at radius 2 is 1.94 bits per heavy atom. The monoisotopic (exact) mass is 489 g/mol. The van der Waals surface area contributed by atoms with Crippen LogP contribution in [0.2, 0.25) is 10.0 Å². The largest absolute Gasteiger partial charge is 0.423 e. The summed E-state index contributed by atoms with van der Waals surface area (Å²) in [7, 11) is 1.68. The molecule has 2 aromatic heterocycles. The summed E-state index contributed by atoms with van der Waals surface area (Å²) in [4.78, 5) is 12.1. The molecule has 0 atom stereocenters. The number of hydrogen-bond donors (Lipinski definition) is 0. The minimum Gasteiger partial charge on any atom is -0.423 e. The van der Waals surface area contributed by atoms with Gasteiger partial charge in [0, 0.05) is 48.1 Å². The van der Waals surface area contributed by atoms with E-state index in [9.17, 15) is 4.79 Å². The highest BCUT2D eigenvalue weighted by atomic mass is 35.5. The van der Waals surface area contributed by atoms with Crippen molar-refractivity contribution in [3.63, 3.8) is 0 Å². The maximum Gasteiger partial charge on any atom is 0.336 e. The van der Waals surface area contributed by atoms with E-state index in [0.717, 1.165) is 33.7 Å². The van der Waals surface area contributed by atoms with Crippen molar-refractivity contribution in [1.82, 2.24) is 14.8 Å². The van der Waals surface area contributed by atoms with Gasteiger partial charge < -0.3 is 13.7 Å². The van der Waals surface area contributed by atoms with Crippen molar-refractivity contribution in [2.45, 2.75) is 30.8 Å². The Bertz CT molecular complexity index is 1320. The maximum absolute atomic E-state index is 12.1. The lowest BCUT2D eigenvalue weighted by Gasteiger charge is -2.11. The molecule has 2 aromatic carbocycles. The van der Waals surface area contributed by atoms with Crippen LogP contribution in [0.15, 0.2) is 56.8 Å². The van der Waals surface area contributed by atoms with Gasteiger partial charge >= 0.3 is 5.63 Å². The molecule has 0 saturated carbocycles. The smallest absolute Gasteiger partial charge is 0.336 e. The van der Waals surface area contributed by atoms with E-state index >= 15 is 0 Å². The second-order valence-corrected chi connectivity index (χ2v) is 9.02. The molecule has 9 heteroatoms. The number of aryl methyl sites for hydroxylation is 1. The highest BCUT2D eigenvalue weighted by Gasteiger charge is 2.17. The van der Waals surface area contributed by atoms with E-state index in [1.54, 1.807) is 13.2 Å². The number of benzene rings is 2. The van der Waals surface area contributed by atoms with E-state index in [2.05, 4.69) is 10.2 Å². The first-order valence-corrected chi connectivity index (χ1v) is 11.7. The van der Waals surface area contributed by atoms with Crippen molar-refractivity contribution < 1.29 is 9.15 Å². The lowest BCUT2D eigenvalue weighted by atomic mass is 10.1. The molecule has 166 valence electrons. The van der Waals surface area contributed by atoms with Crippen LogP contribution >= 0.6 is 35.0 Å². The number of thioether (sulfide) groups is 1. The number of halogens is 2. The summed E-state index contributed by atoms with van der Waals surface area (Å²) in [5.41, 5.74) is 2.63. The number of nitrogens with zero attached hydrogens (tertiary/aromatic N) is 3. The summed E-state index contributed by atoms with van der Waals surface area (Å²) in [5, 5.41) is 11.6. The van der Waals surface area contributed by atoms with Gasteiger partial charge in [-0.1, -0.05) is 47.1 Å². The Kier molecular flexibility index (Phi) is 7.20. The van der Waals surface area contributed by atoms with Gasteiger partial charge in [0.1, 0.15) is 5.58 Å². The van der Waals surface area contributed by atoms with Crippen molar-refractivity contribution >= 4 is 45.9 Å². The molecule has 0 spiro atoms. The quantitative estimate of drug-likeness (QED) is 0.172. The first-order valence-electron chi connectivity index (χ1n) is 10.0. The second-order valence-electron chi connectivity index (χ2n) is 7.26. The van der Waals surface area contributed by atoms with Crippen LogP contribution in [-0.2, 0) is 17.0 Å². The van der Waals surface area contributed by atoms with E-state index < -0.39 is 5.63 Å². The third-order valence-electron chi connectivity index (χ3n) is 5.03. The van der Waals surface area contributed by atoms with Crippen LogP contribution in [0, 0.1) is 6.92 Å². The Morgan fingerprint density at radius 1 is 1.12 bits per heavy atom. The molecule has 6 nitrogen and oxygen atoms in total. The maximum atomic E-state index is 12.1. The third kappa shape index (κ3) is 4.86. The van der Waals surface area contributed by atoms with Crippen LogP contribution in [0.4, 0.5) is 0 Å². The normalized spacial score (nSPS) is 11.4. The fourth-order valence-corrected chi connectivity index (χ4v) is 4.76. The number of rotatable bonds is 8. The summed E-state index contributed by atoms with van der Waals surface area (Å²) in [5.74, 6) is 1.21. The number of methoxy groups -OCH3 is 1. The van der Waals surface area contributed by atoms with Crippen LogP contribution in [0.3, 0.4) is 0 Å². The summed E-state index contributed by atoms with van der Waals surface area (Å²) < 4.78 is 12.6. The number of ether oxygens (including phenoxy) is 1. The molecule has 4 aromatic rings. The Hall–Kier alpha value is -2.32. The molecule has 32 heavy (non-hydrogen) atoms. The lowest BCUT2D eigenvalue weighted by Crippen LogP contribution is -2.06. The van der Waals surface area contributed by atoms with Crippen molar-refractivity contribution in [3.05, 3.63) is 74.1 Å². The molecule has 0 unspecified atom stereocenters. The summed E-state index contributed by atoms with van der Waals surface area (Å²) >= 11 is 14.2. The fraction of sp³-hybridized carbons (Fsp3) is 0.261. The van der Waals surface area contributed by atoms with Gasteiger partial charge in [-0.3, -0.25) is 0 Å². The zero-order valence-electron chi connectivity index (χ0n) is 17.6. The van der Waals surface area contributed by atoms with Gasteiger partial charge in [0.2, 0.25) is 0 Å². The summed E-state index contributed by atoms with van der Waals surface area (Å²) in [6, 6.07) is 12.7. The minimum atomic E-state index is -0.395. The van der Waals surface area contributed by atoms with E-state index in [-0.39, 0.29) is 0 Å². The van der Waals surface area contributed by atoms with Crippen LogP contribution in [-0.4, -0.2) is 28.5 Å². The Balaban J connectivity index is 1.68. The van der Waals surface area contributed by atoms with E-state index in [1.807, 2.05) is 41.8 Å². The molecule has 0 radical (unpaired) electrons. The van der Waals surface area contributed by atoms with Crippen molar-refractivity contribution in [2.75, 3.05) is 13.7 Å². The molecule has 4 rings (SSSR count). The zero-order valence-corrected chi connectivity index (χ0v) is 19.9. The Labute approximate surface area is 199 Å².